The maximum atomic E-state index is 12.6. The largest absolute Gasteiger partial charge is 0.423 e. The van der Waals surface area contributed by atoms with Gasteiger partial charge in [0.25, 0.3) is 6.01 Å². The highest BCUT2D eigenvalue weighted by Gasteiger charge is 2.37. The second-order valence-electron chi connectivity index (χ2n) is 7.80. The van der Waals surface area contributed by atoms with Crippen molar-refractivity contribution in [2.45, 2.75) is 18.5 Å². The molecule has 1 aromatic carbocycles. The van der Waals surface area contributed by atoms with Gasteiger partial charge in [-0.25, -0.2) is 0 Å². The van der Waals surface area contributed by atoms with Crippen molar-refractivity contribution < 1.29 is 9.21 Å². The van der Waals surface area contributed by atoms with Gasteiger partial charge in [0.05, 0.1) is 23.6 Å². The van der Waals surface area contributed by atoms with E-state index in [2.05, 4.69) is 26.2 Å². The molecular weight excluding hydrogens is 388 g/mol. The van der Waals surface area contributed by atoms with Gasteiger partial charge >= 0.3 is 0 Å². The van der Waals surface area contributed by atoms with Crippen LogP contribution in [0.3, 0.4) is 0 Å². The van der Waals surface area contributed by atoms with Crippen LogP contribution in [0, 0.1) is 11.3 Å². The highest BCUT2D eigenvalue weighted by molar-refractivity contribution is 7.99. The van der Waals surface area contributed by atoms with Crippen molar-refractivity contribution >= 4 is 34.8 Å². The van der Waals surface area contributed by atoms with E-state index in [0.29, 0.717) is 23.2 Å². The van der Waals surface area contributed by atoms with Gasteiger partial charge in [-0.3, -0.25) is 9.69 Å². The summed E-state index contributed by atoms with van der Waals surface area (Å²) in [4.78, 5) is 23.8. The lowest BCUT2D eigenvalue weighted by molar-refractivity contribution is -0.131. The third-order valence-corrected chi connectivity index (χ3v) is 7.04. The second-order valence-corrected chi connectivity index (χ2v) is 8.88. The van der Waals surface area contributed by atoms with E-state index < -0.39 is 0 Å². The van der Waals surface area contributed by atoms with Gasteiger partial charge in [0.15, 0.2) is 5.58 Å². The minimum Gasteiger partial charge on any atom is -0.423 e. The molecular formula is C20H24N6O2S. The van der Waals surface area contributed by atoms with E-state index in [-0.39, 0.29) is 11.9 Å². The zero-order valence-electron chi connectivity index (χ0n) is 16.2. The lowest BCUT2D eigenvalue weighted by atomic mass is 10.1. The van der Waals surface area contributed by atoms with Crippen molar-refractivity contribution in [1.29, 1.82) is 5.26 Å². The molecule has 0 aliphatic carbocycles. The summed E-state index contributed by atoms with van der Waals surface area (Å²) < 4.78 is 5.90. The highest BCUT2D eigenvalue weighted by Crippen LogP contribution is 2.25. The Labute approximate surface area is 173 Å². The summed E-state index contributed by atoms with van der Waals surface area (Å²) in [5, 5.41) is 12.5. The molecule has 2 atom stereocenters. The molecule has 9 heteroatoms. The number of nitrogens with zero attached hydrogens (tertiary/aromatic N) is 5. The molecule has 8 nitrogen and oxygen atoms in total. The van der Waals surface area contributed by atoms with Gasteiger partial charge in [0.2, 0.25) is 5.91 Å². The second kappa shape index (κ2) is 7.86. The number of benzene rings is 1. The predicted octanol–water partition coefficient (Wildman–Crippen LogP) is 1.08. The fraction of sp³-hybridized carbons (Fsp3) is 0.550. The maximum Gasteiger partial charge on any atom is 0.298 e. The van der Waals surface area contributed by atoms with Crippen molar-refractivity contribution in [1.82, 2.24) is 20.1 Å². The fourth-order valence-corrected chi connectivity index (χ4v) is 5.34. The molecule has 3 saturated heterocycles. The first-order valence-electron chi connectivity index (χ1n) is 10.1. The van der Waals surface area contributed by atoms with Crippen LogP contribution >= 0.6 is 11.8 Å². The minimum absolute atomic E-state index is 0.0388. The number of anilines is 1. The van der Waals surface area contributed by atoms with Crippen LogP contribution in [0.5, 0.6) is 0 Å². The van der Waals surface area contributed by atoms with Crippen LogP contribution in [0.2, 0.25) is 0 Å². The van der Waals surface area contributed by atoms with Crippen LogP contribution in [0.15, 0.2) is 22.6 Å². The van der Waals surface area contributed by atoms with E-state index in [1.54, 1.807) is 12.1 Å². The molecule has 1 amide bonds. The minimum atomic E-state index is -0.0388. The van der Waals surface area contributed by atoms with Crippen LogP contribution in [0.1, 0.15) is 12.0 Å². The monoisotopic (exact) mass is 412 g/mol. The molecule has 3 aliphatic heterocycles. The Morgan fingerprint density at radius 3 is 2.90 bits per heavy atom. The van der Waals surface area contributed by atoms with Gasteiger partial charge in [0, 0.05) is 57.1 Å². The average molecular weight is 413 g/mol. The third kappa shape index (κ3) is 3.68. The summed E-state index contributed by atoms with van der Waals surface area (Å²) in [6.07, 6.45) is 0.889. The summed E-state index contributed by atoms with van der Waals surface area (Å²) in [6, 6.07) is 8.45. The first-order valence-corrected chi connectivity index (χ1v) is 11.3. The topological polar surface area (TPSA) is 88.6 Å². The number of fused-ring (bicyclic) bond motifs is 1. The lowest BCUT2D eigenvalue weighted by Crippen LogP contribution is -2.51. The standard InChI is InChI=1S/C20H24N6O2S/c21-11-14-1-2-16-18(9-14)28-20(23-16)25-5-3-24(4-6-25)15-10-17(22-12-15)19(27)26-7-8-29-13-26/h1-2,9,15,17,22H,3-8,10,12-13H2/t15-,17-/m0/s1. The van der Waals surface area contributed by atoms with E-state index >= 15 is 0 Å². The molecule has 152 valence electrons. The summed E-state index contributed by atoms with van der Waals surface area (Å²) in [5.41, 5.74) is 2.01. The van der Waals surface area contributed by atoms with E-state index in [1.165, 1.54) is 0 Å². The Kier molecular flexibility index (Phi) is 5.08. The van der Waals surface area contributed by atoms with Crippen molar-refractivity contribution in [3.05, 3.63) is 23.8 Å². The fourth-order valence-electron chi connectivity index (χ4n) is 4.39. The van der Waals surface area contributed by atoms with Gasteiger partial charge in [-0.1, -0.05) is 0 Å². The smallest absolute Gasteiger partial charge is 0.298 e. The number of nitriles is 1. The molecule has 4 heterocycles. The molecule has 3 aliphatic rings. The Morgan fingerprint density at radius 1 is 1.28 bits per heavy atom. The van der Waals surface area contributed by atoms with Crippen molar-refractivity contribution in [2.75, 3.05) is 55.8 Å². The molecule has 0 saturated carbocycles. The average Bonchev–Trinajstić information content (AvgIpc) is 3.53. The van der Waals surface area contributed by atoms with E-state index in [1.807, 2.05) is 22.7 Å². The lowest BCUT2D eigenvalue weighted by Gasteiger charge is -2.37. The first-order chi connectivity index (χ1) is 14.2. The van der Waals surface area contributed by atoms with Crippen LogP contribution in [0.4, 0.5) is 6.01 Å². The molecule has 5 rings (SSSR count). The predicted molar refractivity (Wildman–Crippen MR) is 112 cm³/mol. The number of carbonyl (C=O) groups is 1. The van der Waals surface area contributed by atoms with Gasteiger partial charge in [-0.15, -0.1) is 11.8 Å². The van der Waals surface area contributed by atoms with Gasteiger partial charge in [-0.05, 0) is 18.6 Å². The number of thioether (sulfide) groups is 1. The molecule has 29 heavy (non-hydrogen) atoms. The number of aromatic nitrogens is 1. The molecule has 0 bridgehead atoms. The van der Waals surface area contributed by atoms with Crippen LogP contribution in [0.25, 0.3) is 11.1 Å². The van der Waals surface area contributed by atoms with Gasteiger partial charge < -0.3 is 19.5 Å². The van der Waals surface area contributed by atoms with E-state index in [4.69, 9.17) is 9.68 Å². The summed E-state index contributed by atoms with van der Waals surface area (Å²) in [7, 11) is 0. The number of oxazole rings is 1. The van der Waals surface area contributed by atoms with Gasteiger partial charge in [-0.2, -0.15) is 10.2 Å². The summed E-state index contributed by atoms with van der Waals surface area (Å²) in [6.45, 7) is 5.29. The highest BCUT2D eigenvalue weighted by atomic mass is 32.2. The quantitative estimate of drug-likeness (QED) is 0.801. The van der Waals surface area contributed by atoms with Crippen LogP contribution in [-0.4, -0.2) is 83.7 Å². The molecule has 1 N–H and O–H groups in total. The number of carbonyl (C=O) groups excluding carboxylic acids is 1. The zero-order chi connectivity index (χ0) is 19.8. The molecule has 1 aromatic heterocycles. The SMILES string of the molecule is N#Cc1ccc2nc(N3CCN([C@@H]4CN[C@H](C(=O)N5CCSC5)C4)CC3)oc2c1. The number of amides is 1. The maximum absolute atomic E-state index is 12.6. The number of hydrogen-bond acceptors (Lipinski definition) is 8. The van der Waals surface area contributed by atoms with E-state index in [0.717, 1.165) is 62.8 Å². The molecule has 3 fully saturated rings. The van der Waals surface area contributed by atoms with E-state index in [9.17, 15) is 4.79 Å². The molecule has 2 aromatic rings. The Balaban J connectivity index is 1.18. The van der Waals surface area contributed by atoms with Crippen LogP contribution in [-0.2, 0) is 4.79 Å². The Morgan fingerprint density at radius 2 is 2.14 bits per heavy atom. The van der Waals surface area contributed by atoms with Gasteiger partial charge in [0.1, 0.15) is 5.52 Å². The number of piperazine rings is 1. The van der Waals surface area contributed by atoms with Crippen molar-refractivity contribution in [3.8, 4) is 6.07 Å². The normalized spacial score (nSPS) is 25.6. The van der Waals surface area contributed by atoms with Crippen LogP contribution < -0.4 is 10.2 Å². The summed E-state index contributed by atoms with van der Waals surface area (Å²) >= 11 is 1.83. The molecule has 0 unspecified atom stereocenters. The summed E-state index contributed by atoms with van der Waals surface area (Å²) in [5.74, 6) is 2.15. The number of nitrogens with one attached hydrogen (secondary N) is 1. The zero-order valence-corrected chi connectivity index (χ0v) is 17.0. The molecule has 0 radical (unpaired) electrons. The first kappa shape index (κ1) is 18.7. The third-order valence-electron chi connectivity index (χ3n) is 6.08. The Hall–Kier alpha value is -2.28. The van der Waals surface area contributed by atoms with Crippen molar-refractivity contribution in [2.24, 2.45) is 0 Å². The number of rotatable bonds is 3. The Bertz CT molecular complexity index is 942. The number of hydrogen-bond donors (Lipinski definition) is 1. The molecule has 0 spiro atoms. The van der Waals surface area contributed by atoms with Crippen molar-refractivity contribution in [3.63, 3.8) is 0 Å².